The van der Waals surface area contributed by atoms with Gasteiger partial charge >= 0.3 is 0 Å². The molecular formula is C29H28N4O5. The van der Waals surface area contributed by atoms with Crippen LogP contribution in [0.5, 0.6) is 23.0 Å². The normalized spacial score (nSPS) is 15.3. The Bertz CT molecular complexity index is 1350. The molecule has 0 aliphatic heterocycles. The van der Waals surface area contributed by atoms with Crippen LogP contribution in [0, 0.1) is 0 Å². The van der Waals surface area contributed by atoms with Crippen LogP contribution in [0.3, 0.4) is 0 Å². The molecule has 1 saturated carbocycles. The molecule has 0 atom stereocenters. The number of allylic oxidation sites excluding steroid dienone is 2. The van der Waals surface area contributed by atoms with E-state index in [2.05, 4.69) is 9.97 Å². The summed E-state index contributed by atoms with van der Waals surface area (Å²) in [6.45, 7) is 0.651. The van der Waals surface area contributed by atoms with Gasteiger partial charge < -0.3 is 28.1 Å². The first-order valence-corrected chi connectivity index (χ1v) is 12.1. The fraction of sp³-hybridized carbons (Fsp3) is 0.207. The maximum atomic E-state index is 13.2. The van der Waals surface area contributed by atoms with Gasteiger partial charge in [-0.15, -0.1) is 0 Å². The van der Waals surface area contributed by atoms with Gasteiger partial charge in [-0.3, -0.25) is 4.79 Å². The smallest absolute Gasteiger partial charge is 0.185 e. The Balaban J connectivity index is 1.27. The van der Waals surface area contributed by atoms with Gasteiger partial charge in [-0.25, -0.2) is 9.97 Å². The van der Waals surface area contributed by atoms with Crippen LogP contribution >= 0.6 is 0 Å². The zero-order chi connectivity index (χ0) is 26.3. The van der Waals surface area contributed by atoms with Gasteiger partial charge in [-0.05, 0) is 60.4 Å². The topological polar surface area (TPSA) is 89.6 Å². The van der Waals surface area contributed by atoms with Crippen LogP contribution in [0.25, 0.3) is 12.2 Å². The van der Waals surface area contributed by atoms with Crippen LogP contribution in [-0.2, 0) is 18.3 Å². The van der Waals surface area contributed by atoms with Gasteiger partial charge in [0.2, 0.25) is 0 Å². The van der Waals surface area contributed by atoms with Crippen LogP contribution < -0.4 is 18.9 Å². The standard InChI is InChI=1S/C29H28N4O5/c1-35-27-15-21(3-7-25(27)37-19-32-11-9-30-17-32)13-23-5-6-24(29(23)34)14-22-4-8-26(28(16-22)36-2)38-20-33-12-10-31-18-33/h3-4,7-18H,5-6,19-20H2,1-2H3/b23-13+,24-14+. The highest BCUT2D eigenvalue weighted by Crippen LogP contribution is 2.34. The number of hydrogen-bond donors (Lipinski definition) is 0. The van der Waals surface area contributed by atoms with E-state index in [1.165, 1.54) is 0 Å². The predicted molar refractivity (Wildman–Crippen MR) is 142 cm³/mol. The fourth-order valence-electron chi connectivity index (χ4n) is 4.18. The van der Waals surface area contributed by atoms with Gasteiger partial charge in [0.1, 0.15) is 0 Å². The summed E-state index contributed by atoms with van der Waals surface area (Å²) >= 11 is 0. The molecule has 0 amide bonds. The Hall–Kier alpha value is -4.79. The molecule has 0 spiro atoms. The van der Waals surface area contributed by atoms with Gasteiger partial charge in [0, 0.05) is 35.9 Å². The Morgan fingerprint density at radius 3 is 1.61 bits per heavy atom. The van der Waals surface area contributed by atoms with E-state index in [0.29, 0.717) is 49.3 Å². The van der Waals surface area contributed by atoms with E-state index in [-0.39, 0.29) is 5.78 Å². The van der Waals surface area contributed by atoms with E-state index >= 15 is 0 Å². The number of hydrogen-bond acceptors (Lipinski definition) is 7. The molecule has 9 nitrogen and oxygen atoms in total. The summed E-state index contributed by atoms with van der Waals surface area (Å²) in [7, 11) is 3.19. The monoisotopic (exact) mass is 512 g/mol. The molecule has 2 aromatic carbocycles. The lowest BCUT2D eigenvalue weighted by atomic mass is 10.1. The van der Waals surface area contributed by atoms with Crippen molar-refractivity contribution in [2.45, 2.75) is 26.3 Å². The zero-order valence-electron chi connectivity index (χ0n) is 21.2. The molecule has 0 bridgehead atoms. The molecular weight excluding hydrogens is 484 g/mol. The minimum atomic E-state index is 0.0452. The van der Waals surface area contributed by atoms with E-state index in [1.54, 1.807) is 39.3 Å². The average Bonchev–Trinajstić information content (AvgIpc) is 3.72. The summed E-state index contributed by atoms with van der Waals surface area (Å²) in [5.74, 6) is 2.48. The summed E-state index contributed by atoms with van der Waals surface area (Å²) in [5.41, 5.74) is 3.28. The Labute approximate surface area is 220 Å². The van der Waals surface area contributed by atoms with E-state index in [0.717, 1.165) is 22.3 Å². The predicted octanol–water partition coefficient (Wildman–Crippen LogP) is 5.00. The highest BCUT2D eigenvalue weighted by Gasteiger charge is 2.23. The molecule has 2 aromatic heterocycles. The molecule has 38 heavy (non-hydrogen) atoms. The van der Waals surface area contributed by atoms with Gasteiger partial charge in [-0.2, -0.15) is 0 Å². The van der Waals surface area contributed by atoms with Crippen molar-refractivity contribution in [3.8, 4) is 23.0 Å². The SMILES string of the molecule is COc1cc(/C=C2\CC/C(=C\c3ccc(OCn4ccnc4)c(OC)c3)C2=O)ccc1OCn1ccnc1. The first kappa shape index (κ1) is 24.9. The number of rotatable bonds is 10. The molecule has 1 fully saturated rings. The minimum absolute atomic E-state index is 0.0452. The Morgan fingerprint density at radius 1 is 0.737 bits per heavy atom. The van der Waals surface area contributed by atoms with Crippen molar-refractivity contribution in [3.63, 3.8) is 0 Å². The van der Waals surface area contributed by atoms with Crippen LogP contribution in [0.1, 0.15) is 24.0 Å². The van der Waals surface area contributed by atoms with Crippen molar-refractivity contribution < 1.29 is 23.7 Å². The molecule has 0 unspecified atom stereocenters. The number of imidazole rings is 2. The summed E-state index contributed by atoms with van der Waals surface area (Å²) in [6, 6.07) is 11.3. The number of nitrogens with zero attached hydrogens (tertiary/aromatic N) is 4. The van der Waals surface area contributed by atoms with Crippen molar-refractivity contribution in [1.29, 1.82) is 0 Å². The summed E-state index contributed by atoms with van der Waals surface area (Å²) in [6.07, 6.45) is 15.6. The van der Waals surface area contributed by atoms with Crippen LogP contribution in [0.15, 0.2) is 85.0 Å². The zero-order valence-corrected chi connectivity index (χ0v) is 21.2. The van der Waals surface area contributed by atoms with Crippen molar-refractivity contribution in [2.75, 3.05) is 14.2 Å². The number of benzene rings is 2. The average molecular weight is 513 g/mol. The van der Waals surface area contributed by atoms with Gasteiger partial charge in [0.25, 0.3) is 0 Å². The highest BCUT2D eigenvalue weighted by atomic mass is 16.5. The molecule has 1 aliphatic rings. The minimum Gasteiger partial charge on any atom is -0.493 e. The fourth-order valence-corrected chi connectivity index (χ4v) is 4.18. The Morgan fingerprint density at radius 2 is 1.21 bits per heavy atom. The largest absolute Gasteiger partial charge is 0.493 e. The number of carbonyl (C=O) groups excluding carboxylic acids is 1. The van der Waals surface area contributed by atoms with Crippen molar-refractivity contribution in [3.05, 3.63) is 96.1 Å². The second kappa shape index (κ2) is 11.5. The first-order chi connectivity index (χ1) is 18.6. The number of aromatic nitrogens is 4. The number of ketones is 1. The molecule has 2 heterocycles. The van der Waals surface area contributed by atoms with E-state index in [9.17, 15) is 4.79 Å². The van der Waals surface area contributed by atoms with Crippen LogP contribution in [-0.4, -0.2) is 39.1 Å². The third kappa shape index (κ3) is 5.78. The molecule has 1 aliphatic carbocycles. The number of ether oxygens (including phenoxy) is 4. The summed E-state index contributed by atoms with van der Waals surface area (Å²) in [4.78, 5) is 21.2. The quantitative estimate of drug-likeness (QED) is 0.276. The molecule has 5 rings (SSSR count). The second-order valence-corrected chi connectivity index (χ2v) is 8.69. The molecule has 0 radical (unpaired) electrons. The first-order valence-electron chi connectivity index (χ1n) is 12.1. The highest BCUT2D eigenvalue weighted by molar-refractivity contribution is 6.15. The number of methoxy groups -OCH3 is 2. The number of carbonyl (C=O) groups is 1. The lowest BCUT2D eigenvalue weighted by Crippen LogP contribution is -2.04. The summed E-state index contributed by atoms with van der Waals surface area (Å²) < 4.78 is 26.3. The Kier molecular flexibility index (Phi) is 7.54. The van der Waals surface area contributed by atoms with Crippen LogP contribution in [0.4, 0.5) is 0 Å². The van der Waals surface area contributed by atoms with Crippen molar-refractivity contribution in [2.24, 2.45) is 0 Å². The molecule has 0 saturated heterocycles. The number of Topliss-reactive ketones (excluding diaryl/α,β-unsaturated/α-hetero) is 1. The van der Waals surface area contributed by atoms with E-state index in [1.807, 2.05) is 70.1 Å². The van der Waals surface area contributed by atoms with Gasteiger partial charge in [0.05, 0.1) is 26.9 Å². The van der Waals surface area contributed by atoms with E-state index in [4.69, 9.17) is 18.9 Å². The van der Waals surface area contributed by atoms with Gasteiger partial charge in [-0.1, -0.05) is 12.1 Å². The van der Waals surface area contributed by atoms with Crippen LogP contribution in [0.2, 0.25) is 0 Å². The maximum Gasteiger partial charge on any atom is 0.185 e. The third-order valence-corrected chi connectivity index (χ3v) is 6.16. The molecule has 194 valence electrons. The van der Waals surface area contributed by atoms with E-state index < -0.39 is 0 Å². The third-order valence-electron chi connectivity index (χ3n) is 6.16. The molecule has 0 N–H and O–H groups in total. The van der Waals surface area contributed by atoms with Crippen molar-refractivity contribution >= 4 is 17.9 Å². The summed E-state index contributed by atoms with van der Waals surface area (Å²) in [5, 5.41) is 0. The maximum absolute atomic E-state index is 13.2. The lowest BCUT2D eigenvalue weighted by molar-refractivity contribution is -0.111. The van der Waals surface area contributed by atoms with Crippen molar-refractivity contribution in [1.82, 2.24) is 19.1 Å². The molecule has 4 aromatic rings. The second-order valence-electron chi connectivity index (χ2n) is 8.69. The lowest BCUT2D eigenvalue weighted by Gasteiger charge is -2.12. The van der Waals surface area contributed by atoms with Gasteiger partial charge in [0.15, 0.2) is 42.2 Å². The molecule has 9 heteroatoms.